The molecule has 0 bridgehead atoms. The molecule has 0 saturated carbocycles. The number of ether oxygens (including phenoxy) is 2. The standard InChI is InChI=1S/C18H31N5O11P2S/c1-8-3-10(31-16(8)23-7-22-12-14(19)20-6-21-15(12)23)5-30-36(37)34-35(29)33-18(17(27)28)32-13(9(2)25)11(26)4-24/h6-11,13,16-18,24-29,37H,3-5H2,1-2H3,(H2,19,20,21). The van der Waals surface area contributed by atoms with Crippen LogP contribution in [0.4, 0.5) is 5.82 Å². The number of nitrogen functional groups attached to an aromatic ring is 1. The smallest absolute Gasteiger partial charge is 0.338 e. The van der Waals surface area contributed by atoms with Gasteiger partial charge < -0.3 is 50.2 Å². The molecule has 0 aliphatic carbocycles. The first-order valence-electron chi connectivity index (χ1n) is 11.0. The average Bonchev–Trinajstić information content (AvgIpc) is 3.43. The lowest BCUT2D eigenvalue weighted by Gasteiger charge is -2.30. The molecule has 210 valence electrons. The average molecular weight is 587 g/mol. The van der Waals surface area contributed by atoms with Crippen LogP contribution in [0.25, 0.3) is 11.2 Å². The molecule has 8 N–H and O–H groups in total. The molecule has 0 amide bonds. The summed E-state index contributed by atoms with van der Waals surface area (Å²) in [5.41, 5.74) is 6.87. The number of nitrogens with two attached hydrogens (primary N) is 1. The molecular formula is C18H31N5O11P2S. The highest BCUT2D eigenvalue weighted by molar-refractivity contribution is 8.42. The summed E-state index contributed by atoms with van der Waals surface area (Å²) in [5, 5.41) is 47.5. The highest BCUT2D eigenvalue weighted by Crippen LogP contribution is 2.56. The summed E-state index contributed by atoms with van der Waals surface area (Å²) in [7, 11) is -4.77. The van der Waals surface area contributed by atoms with Crippen LogP contribution >= 0.6 is 28.4 Å². The van der Waals surface area contributed by atoms with Crippen molar-refractivity contribution in [2.45, 2.75) is 63.5 Å². The first kappa shape index (κ1) is 30.7. The Hall–Kier alpha value is -0.880. The van der Waals surface area contributed by atoms with Gasteiger partial charge in [-0.05, 0) is 13.3 Å². The van der Waals surface area contributed by atoms with E-state index in [1.54, 1.807) is 10.9 Å². The topological polar surface area (TPSA) is 237 Å². The van der Waals surface area contributed by atoms with Gasteiger partial charge in [-0.1, -0.05) is 19.2 Å². The maximum atomic E-state index is 10.1. The fraction of sp³-hybridized carbons (Fsp3) is 0.722. The van der Waals surface area contributed by atoms with E-state index in [9.17, 15) is 25.3 Å². The van der Waals surface area contributed by atoms with Crippen LogP contribution in [0.3, 0.4) is 0 Å². The Labute approximate surface area is 219 Å². The van der Waals surface area contributed by atoms with Crippen LogP contribution < -0.4 is 5.73 Å². The monoisotopic (exact) mass is 587 g/mol. The van der Waals surface area contributed by atoms with E-state index in [1.807, 2.05) is 6.92 Å². The Kier molecular flexibility index (Phi) is 11.6. The number of aliphatic hydroxyl groups excluding tert-OH is 4. The Bertz CT molecular complexity index is 995. The fourth-order valence-corrected chi connectivity index (χ4v) is 5.91. The summed E-state index contributed by atoms with van der Waals surface area (Å²) in [6.07, 6.45) is -5.66. The molecule has 2 aromatic heterocycles. The molecule has 2 aromatic rings. The van der Waals surface area contributed by atoms with E-state index in [2.05, 4.69) is 27.2 Å². The first-order valence-corrected chi connectivity index (χ1v) is 14.5. The van der Waals surface area contributed by atoms with Crippen LogP contribution in [0.15, 0.2) is 12.7 Å². The molecule has 16 nitrogen and oxygen atoms in total. The minimum absolute atomic E-state index is 0.0678. The number of hydrogen-bond acceptors (Lipinski definition) is 16. The van der Waals surface area contributed by atoms with Gasteiger partial charge >= 0.3 is 8.60 Å². The molecule has 1 aliphatic rings. The molecular weight excluding hydrogens is 556 g/mol. The molecule has 3 rings (SSSR count). The van der Waals surface area contributed by atoms with Crippen molar-refractivity contribution >= 4 is 45.4 Å². The van der Waals surface area contributed by atoms with Crippen LogP contribution in [0, 0.1) is 5.92 Å². The predicted molar refractivity (Wildman–Crippen MR) is 132 cm³/mol. The zero-order chi connectivity index (χ0) is 27.3. The van der Waals surface area contributed by atoms with E-state index < -0.39 is 53.7 Å². The molecule has 0 aromatic carbocycles. The number of hydrogen-bond donors (Lipinski definition) is 8. The van der Waals surface area contributed by atoms with Crippen molar-refractivity contribution in [3.05, 3.63) is 12.7 Å². The molecule has 1 saturated heterocycles. The van der Waals surface area contributed by atoms with E-state index in [0.29, 0.717) is 17.6 Å². The van der Waals surface area contributed by atoms with E-state index in [0.717, 1.165) is 0 Å². The largest absolute Gasteiger partial charge is 0.394 e. The lowest BCUT2D eigenvalue weighted by atomic mass is 10.1. The molecule has 1 fully saturated rings. The number of anilines is 1. The third-order valence-electron chi connectivity index (χ3n) is 5.40. The second kappa shape index (κ2) is 14.0. The van der Waals surface area contributed by atoms with Gasteiger partial charge in [0, 0.05) is 5.92 Å². The lowest BCUT2D eigenvalue weighted by Crippen LogP contribution is -2.45. The fourth-order valence-electron chi connectivity index (χ4n) is 3.69. The predicted octanol–water partition coefficient (Wildman–Crippen LogP) is -0.486. The van der Waals surface area contributed by atoms with Gasteiger partial charge in [0.05, 0.1) is 31.7 Å². The van der Waals surface area contributed by atoms with Crippen molar-refractivity contribution in [2.24, 2.45) is 5.92 Å². The summed E-state index contributed by atoms with van der Waals surface area (Å²) < 4.78 is 28.6. The van der Waals surface area contributed by atoms with Gasteiger partial charge in [-0.15, -0.1) is 0 Å². The third kappa shape index (κ3) is 8.06. The molecule has 9 unspecified atom stereocenters. The number of aliphatic hydroxyl groups is 5. The van der Waals surface area contributed by atoms with E-state index in [4.69, 9.17) is 33.7 Å². The Morgan fingerprint density at radius 3 is 2.65 bits per heavy atom. The number of rotatable bonds is 14. The maximum Gasteiger partial charge on any atom is 0.338 e. The SMILES string of the molecule is CC(O)C(OC(OP(O)OP(S)OCC1CC(C)C(n2cnc3c(N)ncnc32)O1)C(O)O)C(O)CO. The Morgan fingerprint density at radius 1 is 1.27 bits per heavy atom. The quantitative estimate of drug-likeness (QED) is 0.0791. The third-order valence-corrected chi connectivity index (χ3v) is 8.27. The van der Waals surface area contributed by atoms with Crippen molar-refractivity contribution in [1.29, 1.82) is 0 Å². The van der Waals surface area contributed by atoms with E-state index in [-0.39, 0.29) is 30.7 Å². The molecule has 3 heterocycles. The van der Waals surface area contributed by atoms with Crippen LogP contribution in [0.2, 0.25) is 0 Å². The number of nitrogens with zero attached hydrogens (tertiary/aromatic N) is 4. The molecule has 0 radical (unpaired) electrons. The Balaban J connectivity index is 1.49. The summed E-state index contributed by atoms with van der Waals surface area (Å²) in [6, 6.07) is 0. The normalized spacial score (nSPS) is 25.3. The number of fused-ring (bicyclic) bond motifs is 1. The van der Waals surface area contributed by atoms with Crippen LogP contribution in [-0.2, 0) is 22.8 Å². The van der Waals surface area contributed by atoms with Crippen LogP contribution in [0.1, 0.15) is 26.5 Å². The number of aromatic nitrogens is 4. The van der Waals surface area contributed by atoms with Gasteiger partial charge in [-0.3, -0.25) is 13.4 Å². The van der Waals surface area contributed by atoms with Crippen molar-refractivity contribution in [3.63, 3.8) is 0 Å². The van der Waals surface area contributed by atoms with Crippen molar-refractivity contribution in [1.82, 2.24) is 19.5 Å². The maximum absolute atomic E-state index is 10.1. The molecule has 0 spiro atoms. The van der Waals surface area contributed by atoms with Gasteiger partial charge in [-0.2, -0.15) is 0 Å². The van der Waals surface area contributed by atoms with Crippen LogP contribution in [0.5, 0.6) is 0 Å². The summed E-state index contributed by atoms with van der Waals surface area (Å²) in [5.74, 6) is 0.342. The van der Waals surface area contributed by atoms with Crippen molar-refractivity contribution in [3.8, 4) is 0 Å². The van der Waals surface area contributed by atoms with Crippen LogP contribution in [-0.4, -0.2) is 100 Å². The molecule has 1 aliphatic heterocycles. The van der Waals surface area contributed by atoms with Gasteiger partial charge in [-0.25, -0.2) is 15.0 Å². The lowest BCUT2D eigenvalue weighted by molar-refractivity contribution is -0.262. The summed E-state index contributed by atoms with van der Waals surface area (Å²) in [6.45, 7) is 2.54. The minimum Gasteiger partial charge on any atom is -0.394 e. The zero-order valence-corrected chi connectivity index (χ0v) is 22.5. The van der Waals surface area contributed by atoms with Crippen molar-refractivity contribution < 1.29 is 53.3 Å². The molecule has 9 atom stereocenters. The molecule has 19 heteroatoms. The van der Waals surface area contributed by atoms with Gasteiger partial charge in [0.15, 0.2) is 11.5 Å². The van der Waals surface area contributed by atoms with E-state index >= 15 is 0 Å². The summed E-state index contributed by atoms with van der Waals surface area (Å²) >= 11 is 4.15. The second-order valence-corrected chi connectivity index (χ2v) is 11.3. The highest BCUT2D eigenvalue weighted by Gasteiger charge is 2.36. The zero-order valence-electron chi connectivity index (χ0n) is 19.8. The molecule has 37 heavy (non-hydrogen) atoms. The van der Waals surface area contributed by atoms with Crippen molar-refractivity contribution in [2.75, 3.05) is 18.9 Å². The van der Waals surface area contributed by atoms with Gasteiger partial charge in [0.1, 0.15) is 30.3 Å². The highest BCUT2D eigenvalue weighted by atomic mass is 32.7. The second-order valence-electron chi connectivity index (χ2n) is 8.28. The summed E-state index contributed by atoms with van der Waals surface area (Å²) in [4.78, 5) is 22.5. The van der Waals surface area contributed by atoms with Gasteiger partial charge in [0.2, 0.25) is 20.2 Å². The van der Waals surface area contributed by atoms with E-state index in [1.165, 1.54) is 13.3 Å². The first-order chi connectivity index (χ1) is 17.5. The number of thiol groups is 1. The minimum atomic E-state index is -2.78. The van der Waals surface area contributed by atoms with Gasteiger partial charge in [0.25, 0.3) is 0 Å². The number of imidazole rings is 1. The Morgan fingerprint density at radius 2 is 2.00 bits per heavy atom.